The molecule has 47 heavy (non-hydrogen) atoms. The Labute approximate surface area is 279 Å². The maximum absolute atomic E-state index is 14.2. The van der Waals surface area contributed by atoms with Crippen LogP contribution in [0.2, 0.25) is 0 Å². The van der Waals surface area contributed by atoms with E-state index in [9.17, 15) is 14.4 Å². The van der Waals surface area contributed by atoms with Gasteiger partial charge >= 0.3 is 12.1 Å². The third-order valence-corrected chi connectivity index (χ3v) is 8.35. The summed E-state index contributed by atoms with van der Waals surface area (Å²) in [4.78, 5) is 45.4. The number of fused-ring (bicyclic) bond motifs is 1. The van der Waals surface area contributed by atoms with Gasteiger partial charge in [-0.15, -0.1) is 0 Å². The van der Waals surface area contributed by atoms with E-state index in [1.165, 1.54) is 0 Å². The second-order valence-electron chi connectivity index (χ2n) is 13.8. The van der Waals surface area contributed by atoms with Gasteiger partial charge in [-0.1, -0.05) is 49.4 Å². The summed E-state index contributed by atoms with van der Waals surface area (Å²) in [6, 6.07) is 14.7. The average Bonchev–Trinajstić information content (AvgIpc) is 3.76. The number of carbonyl (C=O) groups excluding carboxylic acids is 3. The Morgan fingerprint density at radius 3 is 2.43 bits per heavy atom. The second-order valence-corrected chi connectivity index (χ2v) is 13.8. The molecule has 2 aromatic carbocycles. The number of Topliss-reactive ketones (excluding diaryl/α,β-unsaturated/α-hetero) is 1. The number of aliphatic imine (C=N–C) groups is 1. The van der Waals surface area contributed by atoms with Crippen molar-refractivity contribution in [3.8, 4) is 0 Å². The van der Waals surface area contributed by atoms with Crippen molar-refractivity contribution in [3.63, 3.8) is 0 Å². The van der Waals surface area contributed by atoms with Crippen LogP contribution >= 0.6 is 0 Å². The van der Waals surface area contributed by atoms with Crippen molar-refractivity contribution in [2.45, 2.75) is 110 Å². The number of rotatable bonds is 14. The summed E-state index contributed by atoms with van der Waals surface area (Å²) < 4.78 is 16.9. The molecule has 4 rings (SSSR count). The van der Waals surface area contributed by atoms with Gasteiger partial charge in [-0.2, -0.15) is 0 Å². The quantitative estimate of drug-likeness (QED) is 0.161. The number of carbonyl (C=O) groups is 3. The summed E-state index contributed by atoms with van der Waals surface area (Å²) in [7, 11) is 0. The molecule has 9 heteroatoms. The number of nitrogens with one attached hydrogen (secondary N) is 2. The molecule has 1 saturated carbocycles. The van der Waals surface area contributed by atoms with Gasteiger partial charge in [0.2, 0.25) is 0 Å². The van der Waals surface area contributed by atoms with Crippen LogP contribution in [0, 0.1) is 5.92 Å². The van der Waals surface area contributed by atoms with Crippen LogP contribution in [0.5, 0.6) is 0 Å². The summed E-state index contributed by atoms with van der Waals surface area (Å²) in [5, 5.41) is 6.45. The number of anilines is 1. The number of alkyl carbamates (subject to hydrolysis) is 1. The molecule has 3 atom stereocenters. The zero-order valence-corrected chi connectivity index (χ0v) is 29.0. The average molecular weight is 646 g/mol. The molecular formula is C38H51N3O6. The summed E-state index contributed by atoms with van der Waals surface area (Å²) in [5.74, 6) is -1.49. The van der Waals surface area contributed by atoms with Gasteiger partial charge in [0.25, 0.3) is 0 Å². The lowest BCUT2D eigenvalue weighted by Crippen LogP contribution is -2.43. The molecule has 2 aliphatic rings. The monoisotopic (exact) mass is 645 g/mol. The summed E-state index contributed by atoms with van der Waals surface area (Å²) in [6.07, 6.45) is 4.40. The molecule has 0 saturated heterocycles. The molecule has 0 aromatic heterocycles. The number of hydrogen-bond donors (Lipinski definition) is 2. The molecule has 2 N–H and O–H groups in total. The van der Waals surface area contributed by atoms with Gasteiger partial charge in [0, 0.05) is 23.2 Å². The van der Waals surface area contributed by atoms with Crippen LogP contribution < -0.4 is 10.6 Å². The Morgan fingerprint density at radius 2 is 1.79 bits per heavy atom. The van der Waals surface area contributed by atoms with Gasteiger partial charge in [-0.05, 0) is 90.5 Å². The lowest BCUT2D eigenvalue weighted by atomic mass is 9.88. The van der Waals surface area contributed by atoms with Crippen molar-refractivity contribution >= 4 is 34.8 Å². The minimum Gasteiger partial charge on any atom is -0.466 e. The Morgan fingerprint density at radius 1 is 1.06 bits per heavy atom. The molecule has 0 bridgehead atoms. The van der Waals surface area contributed by atoms with Crippen molar-refractivity contribution in [3.05, 3.63) is 71.3 Å². The number of ether oxygens (including phenoxy) is 3. The first-order valence-corrected chi connectivity index (χ1v) is 16.8. The predicted molar refractivity (Wildman–Crippen MR) is 186 cm³/mol. The van der Waals surface area contributed by atoms with Gasteiger partial charge in [0.1, 0.15) is 5.60 Å². The van der Waals surface area contributed by atoms with Gasteiger partial charge in [0.15, 0.2) is 5.78 Å². The zero-order valence-electron chi connectivity index (χ0n) is 29.0. The number of ketones is 1. The summed E-state index contributed by atoms with van der Waals surface area (Å²) in [5.41, 5.74) is 4.51. The topological polar surface area (TPSA) is 115 Å². The minimum absolute atomic E-state index is 0.0165. The molecule has 1 aliphatic heterocycles. The van der Waals surface area contributed by atoms with Crippen molar-refractivity contribution in [1.29, 1.82) is 0 Å². The number of hydrogen-bond acceptors (Lipinski definition) is 8. The normalized spacial score (nSPS) is 18.9. The fourth-order valence-corrected chi connectivity index (χ4v) is 5.68. The van der Waals surface area contributed by atoms with E-state index in [4.69, 9.17) is 19.2 Å². The molecular weight excluding hydrogens is 594 g/mol. The van der Waals surface area contributed by atoms with Gasteiger partial charge in [-0.3, -0.25) is 14.6 Å². The highest BCUT2D eigenvalue weighted by Gasteiger charge is 2.38. The highest BCUT2D eigenvalue weighted by atomic mass is 16.6. The number of nitrogens with zero attached hydrogens (tertiary/aromatic N) is 1. The summed E-state index contributed by atoms with van der Waals surface area (Å²) in [6.45, 7) is 14.0. The first-order chi connectivity index (χ1) is 22.3. The standard InChI is InChI=1S/C38H51N3O6/c1-8-27-21-32(41-38(7)18-19-38)25(3)39-31-17-13-16-30(34(27)31)33(42)22-28(35(43)46-9-2)20-29(40-36(44)47-37(4,5)6)24-45-23-26-14-11-10-12-15-26/h10-17,21,25,28-29,39H,8-9,18-20,22-24H2,1-7H3,(H,40,44). The molecule has 1 heterocycles. The lowest BCUT2D eigenvalue weighted by molar-refractivity contribution is -0.148. The molecule has 3 unspecified atom stereocenters. The van der Waals surface area contributed by atoms with Crippen LogP contribution in [0.4, 0.5) is 10.5 Å². The van der Waals surface area contributed by atoms with E-state index in [0.717, 1.165) is 40.9 Å². The van der Waals surface area contributed by atoms with Gasteiger partial charge in [-0.25, -0.2) is 4.79 Å². The van der Waals surface area contributed by atoms with Crippen molar-refractivity contribution in [2.24, 2.45) is 10.9 Å². The number of allylic oxidation sites excluding steroid dienone is 1. The maximum atomic E-state index is 14.2. The van der Waals surface area contributed by atoms with Crippen LogP contribution in [0.3, 0.4) is 0 Å². The lowest BCUT2D eigenvalue weighted by Gasteiger charge is -2.26. The van der Waals surface area contributed by atoms with Gasteiger partial charge < -0.3 is 24.8 Å². The maximum Gasteiger partial charge on any atom is 0.407 e. The fourth-order valence-electron chi connectivity index (χ4n) is 5.68. The van der Waals surface area contributed by atoms with E-state index in [1.807, 2.05) is 48.5 Å². The number of benzene rings is 2. The van der Waals surface area contributed by atoms with Crippen LogP contribution in [-0.2, 0) is 25.6 Å². The largest absolute Gasteiger partial charge is 0.466 e. The molecule has 9 nitrogen and oxygen atoms in total. The Hall–Kier alpha value is -3.98. The van der Waals surface area contributed by atoms with Crippen LogP contribution in [0.25, 0.3) is 5.57 Å². The molecule has 0 radical (unpaired) electrons. The van der Waals surface area contributed by atoms with Crippen LogP contribution in [0.15, 0.2) is 59.6 Å². The van der Waals surface area contributed by atoms with E-state index in [-0.39, 0.29) is 43.4 Å². The third kappa shape index (κ3) is 10.5. The van der Waals surface area contributed by atoms with E-state index < -0.39 is 29.6 Å². The van der Waals surface area contributed by atoms with Gasteiger partial charge in [0.05, 0.1) is 49.1 Å². The minimum atomic E-state index is -0.822. The first-order valence-electron chi connectivity index (χ1n) is 16.8. The first kappa shape index (κ1) is 35.9. The second kappa shape index (κ2) is 15.7. The molecule has 1 fully saturated rings. The van der Waals surface area contributed by atoms with E-state index in [2.05, 4.69) is 37.5 Å². The fraction of sp³-hybridized carbons (Fsp3) is 0.526. The van der Waals surface area contributed by atoms with Crippen molar-refractivity contribution < 1.29 is 28.6 Å². The Kier molecular flexibility index (Phi) is 12.0. The predicted octanol–water partition coefficient (Wildman–Crippen LogP) is 7.54. The van der Waals surface area contributed by atoms with Crippen molar-refractivity contribution in [1.82, 2.24) is 5.32 Å². The molecule has 2 aromatic rings. The zero-order chi connectivity index (χ0) is 34.2. The van der Waals surface area contributed by atoms with Crippen molar-refractivity contribution in [2.75, 3.05) is 18.5 Å². The highest BCUT2D eigenvalue weighted by molar-refractivity contribution is 6.12. The third-order valence-electron chi connectivity index (χ3n) is 8.35. The Balaban J connectivity index is 1.59. The van der Waals surface area contributed by atoms with E-state index in [0.29, 0.717) is 18.6 Å². The Bertz CT molecular complexity index is 1470. The number of amides is 1. The number of esters is 1. The molecule has 1 aliphatic carbocycles. The van der Waals surface area contributed by atoms with Crippen LogP contribution in [-0.4, -0.2) is 60.0 Å². The smallest absolute Gasteiger partial charge is 0.407 e. The van der Waals surface area contributed by atoms with E-state index in [1.54, 1.807) is 27.7 Å². The molecule has 254 valence electrons. The highest BCUT2D eigenvalue weighted by Crippen LogP contribution is 2.41. The molecule has 1 amide bonds. The van der Waals surface area contributed by atoms with Crippen LogP contribution in [0.1, 0.15) is 102 Å². The SMILES string of the molecule is CCOC(=O)C(CC(=O)c1cccc2c1C(CC)=CC(=NC1(C)CC1)C(C)N2)CC(COCc1ccccc1)NC(=O)OC(C)(C)C. The van der Waals surface area contributed by atoms with E-state index >= 15 is 0 Å². The summed E-state index contributed by atoms with van der Waals surface area (Å²) >= 11 is 0. The molecule has 0 spiro atoms.